The number of carbonyl (C=O) groups excluding carboxylic acids is 1. The summed E-state index contributed by atoms with van der Waals surface area (Å²) in [6, 6.07) is 17.1. The van der Waals surface area contributed by atoms with Crippen LogP contribution in [0, 0.1) is 5.41 Å². The second-order valence-corrected chi connectivity index (χ2v) is 7.75. The minimum atomic E-state index is -0.358. The first-order chi connectivity index (χ1) is 12.5. The van der Waals surface area contributed by atoms with E-state index in [1.165, 1.54) is 0 Å². The Bertz CT molecular complexity index is 962. The number of rotatable bonds is 3. The number of anilines is 1. The highest BCUT2D eigenvalue weighted by Gasteiger charge is 2.43. The molecule has 5 heteroatoms. The molecule has 1 aliphatic carbocycles. The van der Waals surface area contributed by atoms with E-state index in [1.54, 1.807) is 6.20 Å². The summed E-state index contributed by atoms with van der Waals surface area (Å²) in [5.41, 5.74) is 3.10. The van der Waals surface area contributed by atoms with Gasteiger partial charge in [-0.15, -0.1) is 0 Å². The van der Waals surface area contributed by atoms with E-state index >= 15 is 0 Å². The third-order valence-corrected chi connectivity index (χ3v) is 5.31. The second-order valence-electron chi connectivity index (χ2n) is 7.34. The molecule has 132 valence electrons. The Hall–Kier alpha value is -2.59. The van der Waals surface area contributed by atoms with Crippen molar-refractivity contribution < 1.29 is 4.79 Å². The molecule has 1 heterocycles. The van der Waals surface area contributed by atoms with Crippen LogP contribution in [0.2, 0.25) is 5.02 Å². The van der Waals surface area contributed by atoms with Crippen molar-refractivity contribution in [2.45, 2.75) is 26.3 Å². The molecule has 4 rings (SSSR count). The highest BCUT2D eigenvalue weighted by Crippen LogP contribution is 2.38. The predicted molar refractivity (Wildman–Crippen MR) is 104 cm³/mol. The summed E-state index contributed by atoms with van der Waals surface area (Å²) in [5.74, 6) is 0.0540. The fourth-order valence-electron chi connectivity index (χ4n) is 3.58. The molecule has 0 bridgehead atoms. The molecule has 0 fully saturated rings. The molecule has 1 aromatic heterocycles. The minimum Gasteiger partial charge on any atom is -0.373 e. The van der Waals surface area contributed by atoms with Crippen molar-refractivity contribution in [2.24, 2.45) is 5.41 Å². The van der Waals surface area contributed by atoms with Crippen molar-refractivity contribution in [2.75, 3.05) is 5.32 Å². The molecule has 1 unspecified atom stereocenters. The number of nitrogens with zero attached hydrogens (tertiary/aromatic N) is 2. The van der Waals surface area contributed by atoms with E-state index in [2.05, 4.69) is 24.3 Å². The Morgan fingerprint density at radius 3 is 2.54 bits per heavy atom. The smallest absolute Gasteiger partial charge is 0.189 e. The fourth-order valence-corrected chi connectivity index (χ4v) is 3.77. The maximum absolute atomic E-state index is 13.2. The number of para-hydroxylation sites is 2. The Morgan fingerprint density at radius 1 is 1.12 bits per heavy atom. The quantitative estimate of drug-likeness (QED) is 0.727. The third-order valence-electron chi connectivity index (χ3n) is 4.98. The number of ketones is 1. The number of fused-ring (bicyclic) bond motifs is 1. The number of Topliss-reactive ketones (excluding diaryl/α,β-unsaturated/α-hetero) is 1. The van der Waals surface area contributed by atoms with Crippen LogP contribution < -0.4 is 5.32 Å². The molecule has 0 aliphatic heterocycles. The Morgan fingerprint density at radius 2 is 1.81 bits per heavy atom. The van der Waals surface area contributed by atoms with Crippen molar-refractivity contribution in [3.05, 3.63) is 77.1 Å². The zero-order valence-electron chi connectivity index (χ0n) is 14.7. The average Bonchev–Trinajstić information content (AvgIpc) is 3.03. The highest BCUT2D eigenvalue weighted by molar-refractivity contribution is 6.33. The van der Waals surface area contributed by atoms with Crippen molar-refractivity contribution in [1.29, 1.82) is 0 Å². The number of halogens is 1. The average molecular weight is 366 g/mol. The molecule has 1 atom stereocenters. The van der Waals surface area contributed by atoms with Crippen molar-refractivity contribution >= 4 is 23.1 Å². The van der Waals surface area contributed by atoms with E-state index in [9.17, 15) is 4.79 Å². The van der Waals surface area contributed by atoms with Gasteiger partial charge in [-0.25, -0.2) is 4.68 Å². The number of carbonyl (C=O) groups is 1. The molecule has 26 heavy (non-hydrogen) atoms. The minimum absolute atomic E-state index is 0.0540. The van der Waals surface area contributed by atoms with Crippen molar-refractivity contribution in [3.63, 3.8) is 0 Å². The lowest BCUT2D eigenvalue weighted by atomic mass is 9.72. The summed E-state index contributed by atoms with van der Waals surface area (Å²) in [4.78, 5) is 13.2. The van der Waals surface area contributed by atoms with Gasteiger partial charge in [-0.2, -0.15) is 5.10 Å². The number of hydrogen-bond donors (Lipinski definition) is 1. The van der Waals surface area contributed by atoms with Crippen LogP contribution in [0.1, 0.15) is 29.9 Å². The third kappa shape index (κ3) is 2.80. The second kappa shape index (κ2) is 6.29. The maximum Gasteiger partial charge on any atom is 0.189 e. The summed E-state index contributed by atoms with van der Waals surface area (Å²) in [6.07, 6.45) is 2.42. The van der Waals surface area contributed by atoms with Crippen molar-refractivity contribution in [1.82, 2.24) is 9.78 Å². The Kier molecular flexibility index (Phi) is 4.08. The van der Waals surface area contributed by atoms with Gasteiger partial charge >= 0.3 is 0 Å². The lowest BCUT2D eigenvalue weighted by Crippen LogP contribution is -2.48. The van der Waals surface area contributed by atoms with Gasteiger partial charge in [0.1, 0.15) is 0 Å². The monoisotopic (exact) mass is 365 g/mol. The predicted octanol–water partition coefficient (Wildman–Crippen LogP) is 4.77. The maximum atomic E-state index is 13.2. The van der Waals surface area contributed by atoms with Gasteiger partial charge in [-0.1, -0.05) is 55.8 Å². The molecule has 4 nitrogen and oxygen atoms in total. The van der Waals surface area contributed by atoms with Crippen LogP contribution in [0.15, 0.2) is 60.8 Å². The van der Waals surface area contributed by atoms with E-state index in [1.807, 2.05) is 59.3 Å². The van der Waals surface area contributed by atoms with E-state index < -0.39 is 0 Å². The van der Waals surface area contributed by atoms with Crippen LogP contribution in [0.4, 0.5) is 5.69 Å². The molecule has 0 saturated carbocycles. The molecule has 1 N–H and O–H groups in total. The SMILES string of the molecule is CC1(C)Cc2c(cnn2-c2ccccc2)C(=O)C1Nc1ccccc1Cl. The molecule has 0 spiro atoms. The molecule has 0 amide bonds. The zero-order valence-corrected chi connectivity index (χ0v) is 15.5. The van der Waals surface area contributed by atoms with E-state index in [-0.39, 0.29) is 17.2 Å². The van der Waals surface area contributed by atoms with Crippen LogP contribution in [-0.4, -0.2) is 21.6 Å². The number of benzene rings is 2. The number of aromatic nitrogens is 2. The van der Waals surface area contributed by atoms with Crippen molar-refractivity contribution in [3.8, 4) is 5.69 Å². The van der Waals surface area contributed by atoms with Crippen LogP contribution in [0.3, 0.4) is 0 Å². The summed E-state index contributed by atoms with van der Waals surface area (Å²) in [6.45, 7) is 4.20. The topological polar surface area (TPSA) is 46.9 Å². The summed E-state index contributed by atoms with van der Waals surface area (Å²) >= 11 is 6.28. The molecule has 2 aromatic carbocycles. The Balaban J connectivity index is 1.73. The lowest BCUT2D eigenvalue weighted by Gasteiger charge is -2.38. The van der Waals surface area contributed by atoms with Gasteiger partial charge in [0.05, 0.1) is 39.9 Å². The van der Waals surface area contributed by atoms with Gasteiger partial charge in [-0.3, -0.25) is 4.79 Å². The molecular formula is C21H20ClN3O. The zero-order chi connectivity index (χ0) is 18.3. The molecule has 1 aliphatic rings. The van der Waals surface area contributed by atoms with Gasteiger partial charge in [-0.05, 0) is 36.1 Å². The lowest BCUT2D eigenvalue weighted by molar-refractivity contribution is 0.0882. The first-order valence-corrected chi connectivity index (χ1v) is 9.03. The largest absolute Gasteiger partial charge is 0.373 e. The van der Waals surface area contributed by atoms with E-state index in [0.717, 1.165) is 23.5 Å². The van der Waals surface area contributed by atoms with E-state index in [0.29, 0.717) is 10.6 Å². The Labute approximate surface area is 157 Å². The van der Waals surface area contributed by atoms with E-state index in [4.69, 9.17) is 11.6 Å². The summed E-state index contributed by atoms with van der Waals surface area (Å²) in [7, 11) is 0. The van der Waals surface area contributed by atoms with Crippen LogP contribution >= 0.6 is 11.6 Å². The molecule has 0 saturated heterocycles. The number of nitrogens with one attached hydrogen (secondary N) is 1. The molecule has 3 aromatic rings. The summed E-state index contributed by atoms with van der Waals surface area (Å²) < 4.78 is 1.88. The van der Waals surface area contributed by atoms with Crippen LogP contribution in [-0.2, 0) is 6.42 Å². The summed E-state index contributed by atoms with van der Waals surface area (Å²) in [5, 5.41) is 8.46. The molecular weight excluding hydrogens is 346 g/mol. The highest BCUT2D eigenvalue weighted by atomic mass is 35.5. The van der Waals surface area contributed by atoms with Gasteiger partial charge in [0.15, 0.2) is 5.78 Å². The molecule has 0 radical (unpaired) electrons. The van der Waals surface area contributed by atoms with Gasteiger partial charge in [0.25, 0.3) is 0 Å². The fraction of sp³-hybridized carbons (Fsp3) is 0.238. The standard InChI is InChI=1S/C21H20ClN3O/c1-21(2)12-18-15(13-23-25(18)14-8-4-3-5-9-14)19(26)20(21)24-17-11-7-6-10-16(17)22/h3-11,13,20,24H,12H2,1-2H3. The van der Waals surface area contributed by atoms with Crippen LogP contribution in [0.5, 0.6) is 0 Å². The van der Waals surface area contributed by atoms with Crippen LogP contribution in [0.25, 0.3) is 5.69 Å². The first kappa shape index (κ1) is 16.9. The normalized spacial score (nSPS) is 18.4. The van der Waals surface area contributed by atoms with Gasteiger partial charge in [0, 0.05) is 0 Å². The van der Waals surface area contributed by atoms with Gasteiger partial charge in [0.2, 0.25) is 0 Å². The van der Waals surface area contributed by atoms with Gasteiger partial charge < -0.3 is 5.32 Å². The number of hydrogen-bond acceptors (Lipinski definition) is 3. The first-order valence-electron chi connectivity index (χ1n) is 8.65.